The average Bonchev–Trinajstić information content (AvgIpc) is 2.40. The second-order valence-corrected chi connectivity index (χ2v) is 6.52. The molecule has 0 aromatic carbocycles. The molecule has 0 unspecified atom stereocenters. The number of nitrogens with one attached hydrogen (secondary N) is 1. The minimum atomic E-state index is -0.648. The molecule has 0 aromatic heterocycles. The lowest BCUT2D eigenvalue weighted by Gasteiger charge is -2.33. The van der Waals surface area contributed by atoms with Crippen molar-refractivity contribution in [3.8, 4) is 0 Å². The van der Waals surface area contributed by atoms with Crippen molar-refractivity contribution in [2.45, 2.75) is 57.5 Å². The van der Waals surface area contributed by atoms with E-state index in [0.717, 1.165) is 44.7 Å². The summed E-state index contributed by atoms with van der Waals surface area (Å²) in [6.45, 7) is 5.24. The van der Waals surface area contributed by atoms with Crippen LogP contribution < -0.4 is 5.32 Å². The Balaban J connectivity index is 1.66. The standard InChI is InChI=1S/C15H28N2O2/c1-13-5-9-17(10-6-13)11-14(18)16-12-15(19)7-3-2-4-8-15/h13,19H,2-12H2,1H3,(H,16,18). The Bertz CT molecular complexity index is 293. The van der Waals surface area contributed by atoms with Crippen molar-refractivity contribution >= 4 is 5.91 Å². The molecule has 0 bridgehead atoms. The summed E-state index contributed by atoms with van der Waals surface area (Å²) in [4.78, 5) is 14.1. The summed E-state index contributed by atoms with van der Waals surface area (Å²) in [5.41, 5.74) is -0.648. The van der Waals surface area contributed by atoms with Gasteiger partial charge < -0.3 is 10.4 Å². The van der Waals surface area contributed by atoms with Gasteiger partial charge in [0.05, 0.1) is 12.1 Å². The van der Waals surface area contributed by atoms with Crippen molar-refractivity contribution in [1.82, 2.24) is 10.2 Å². The number of hydrogen-bond acceptors (Lipinski definition) is 3. The lowest BCUT2D eigenvalue weighted by molar-refractivity contribution is -0.124. The van der Waals surface area contributed by atoms with Crippen LogP contribution in [-0.4, -0.2) is 47.7 Å². The molecule has 1 aliphatic heterocycles. The molecule has 1 aliphatic carbocycles. The Morgan fingerprint density at radius 1 is 1.26 bits per heavy atom. The van der Waals surface area contributed by atoms with Gasteiger partial charge in [-0.05, 0) is 44.7 Å². The monoisotopic (exact) mass is 268 g/mol. The highest BCUT2D eigenvalue weighted by molar-refractivity contribution is 5.78. The van der Waals surface area contributed by atoms with Crippen molar-refractivity contribution in [2.24, 2.45) is 5.92 Å². The van der Waals surface area contributed by atoms with Crippen LogP contribution in [0.15, 0.2) is 0 Å². The van der Waals surface area contributed by atoms with E-state index >= 15 is 0 Å². The predicted molar refractivity (Wildman–Crippen MR) is 75.9 cm³/mol. The number of likely N-dealkylation sites (tertiary alicyclic amines) is 1. The summed E-state index contributed by atoms with van der Waals surface area (Å²) in [6, 6.07) is 0. The molecule has 1 saturated carbocycles. The zero-order chi connectivity index (χ0) is 13.7. The number of nitrogens with zero attached hydrogens (tertiary/aromatic N) is 1. The van der Waals surface area contributed by atoms with Gasteiger partial charge in [-0.25, -0.2) is 0 Å². The van der Waals surface area contributed by atoms with Crippen molar-refractivity contribution in [3.63, 3.8) is 0 Å². The highest BCUT2D eigenvalue weighted by Crippen LogP contribution is 2.27. The smallest absolute Gasteiger partial charge is 0.234 e. The van der Waals surface area contributed by atoms with Crippen molar-refractivity contribution in [2.75, 3.05) is 26.2 Å². The number of piperidine rings is 1. The van der Waals surface area contributed by atoms with Crippen LogP contribution in [-0.2, 0) is 4.79 Å². The Morgan fingerprint density at radius 3 is 2.53 bits per heavy atom. The summed E-state index contributed by atoms with van der Waals surface area (Å²) in [6.07, 6.45) is 7.41. The van der Waals surface area contributed by atoms with Gasteiger partial charge >= 0.3 is 0 Å². The molecule has 1 saturated heterocycles. The zero-order valence-electron chi connectivity index (χ0n) is 12.2. The molecule has 4 nitrogen and oxygen atoms in total. The van der Waals surface area contributed by atoms with E-state index < -0.39 is 5.60 Å². The maximum Gasteiger partial charge on any atom is 0.234 e. The molecular weight excluding hydrogens is 240 g/mol. The molecule has 0 aromatic rings. The fourth-order valence-electron chi connectivity index (χ4n) is 3.13. The normalized spacial score (nSPS) is 25.2. The lowest BCUT2D eigenvalue weighted by Crippen LogP contribution is -2.47. The minimum Gasteiger partial charge on any atom is -0.388 e. The zero-order valence-corrected chi connectivity index (χ0v) is 12.2. The summed E-state index contributed by atoms with van der Waals surface area (Å²) in [7, 11) is 0. The Morgan fingerprint density at radius 2 is 1.89 bits per heavy atom. The quantitative estimate of drug-likeness (QED) is 0.813. The first-order chi connectivity index (χ1) is 9.07. The summed E-state index contributed by atoms with van der Waals surface area (Å²) in [5, 5.41) is 13.3. The summed E-state index contributed by atoms with van der Waals surface area (Å²) < 4.78 is 0. The van der Waals surface area contributed by atoms with Gasteiger partial charge in [0.1, 0.15) is 0 Å². The van der Waals surface area contributed by atoms with Gasteiger partial charge in [0, 0.05) is 6.54 Å². The van der Waals surface area contributed by atoms with Crippen LogP contribution in [0, 0.1) is 5.92 Å². The van der Waals surface area contributed by atoms with Crippen LogP contribution in [0.1, 0.15) is 51.9 Å². The number of rotatable bonds is 4. The van der Waals surface area contributed by atoms with E-state index in [-0.39, 0.29) is 5.91 Å². The number of hydrogen-bond donors (Lipinski definition) is 2. The fraction of sp³-hybridized carbons (Fsp3) is 0.933. The number of carbonyl (C=O) groups excluding carboxylic acids is 1. The van der Waals surface area contributed by atoms with E-state index in [9.17, 15) is 9.90 Å². The van der Waals surface area contributed by atoms with Crippen molar-refractivity contribution in [1.29, 1.82) is 0 Å². The van der Waals surface area contributed by atoms with Crippen LogP contribution in [0.3, 0.4) is 0 Å². The van der Waals surface area contributed by atoms with Crippen molar-refractivity contribution < 1.29 is 9.90 Å². The number of carbonyl (C=O) groups is 1. The van der Waals surface area contributed by atoms with Gasteiger partial charge in [0.15, 0.2) is 0 Å². The topological polar surface area (TPSA) is 52.6 Å². The Hall–Kier alpha value is -0.610. The van der Waals surface area contributed by atoms with Crippen LogP contribution in [0.5, 0.6) is 0 Å². The molecule has 0 spiro atoms. The van der Waals surface area contributed by atoms with Gasteiger partial charge in [-0.3, -0.25) is 9.69 Å². The lowest BCUT2D eigenvalue weighted by atomic mass is 9.85. The Kier molecular flexibility index (Phi) is 5.22. The van der Waals surface area contributed by atoms with Gasteiger partial charge in [0.25, 0.3) is 0 Å². The molecule has 0 atom stereocenters. The fourth-order valence-corrected chi connectivity index (χ4v) is 3.13. The molecule has 110 valence electrons. The van der Waals surface area contributed by atoms with Gasteiger partial charge in [0.2, 0.25) is 5.91 Å². The van der Waals surface area contributed by atoms with Crippen molar-refractivity contribution in [3.05, 3.63) is 0 Å². The van der Waals surface area contributed by atoms with Crippen LogP contribution in [0.4, 0.5) is 0 Å². The molecule has 2 aliphatic rings. The van der Waals surface area contributed by atoms with E-state index in [4.69, 9.17) is 0 Å². The first-order valence-corrected chi connectivity index (χ1v) is 7.79. The second-order valence-electron chi connectivity index (χ2n) is 6.52. The minimum absolute atomic E-state index is 0.0635. The van der Waals surface area contributed by atoms with Gasteiger partial charge in [-0.15, -0.1) is 0 Å². The molecule has 2 rings (SSSR count). The summed E-state index contributed by atoms with van der Waals surface area (Å²) in [5.74, 6) is 0.857. The van der Waals surface area contributed by atoms with E-state index in [2.05, 4.69) is 17.1 Å². The maximum atomic E-state index is 11.9. The van der Waals surface area contributed by atoms with E-state index in [0.29, 0.717) is 13.1 Å². The Labute approximate surface area is 116 Å². The average molecular weight is 268 g/mol. The molecule has 19 heavy (non-hydrogen) atoms. The van der Waals surface area contributed by atoms with Crippen LogP contribution >= 0.6 is 0 Å². The van der Waals surface area contributed by atoms with E-state index in [1.54, 1.807) is 0 Å². The SMILES string of the molecule is CC1CCN(CC(=O)NCC2(O)CCCCC2)CC1. The molecule has 4 heteroatoms. The molecule has 2 N–H and O–H groups in total. The van der Waals surface area contributed by atoms with Gasteiger partial charge in [-0.2, -0.15) is 0 Å². The second kappa shape index (κ2) is 6.71. The highest BCUT2D eigenvalue weighted by atomic mass is 16.3. The number of amides is 1. The molecule has 1 amide bonds. The van der Waals surface area contributed by atoms with Crippen LogP contribution in [0.2, 0.25) is 0 Å². The molecule has 1 heterocycles. The first kappa shape index (κ1) is 14.8. The summed E-state index contributed by atoms with van der Waals surface area (Å²) >= 11 is 0. The third kappa shape index (κ3) is 4.77. The molecule has 2 fully saturated rings. The third-order valence-corrected chi connectivity index (χ3v) is 4.64. The highest BCUT2D eigenvalue weighted by Gasteiger charge is 2.29. The van der Waals surface area contributed by atoms with Gasteiger partial charge in [-0.1, -0.05) is 26.2 Å². The molecule has 0 radical (unpaired) electrons. The van der Waals surface area contributed by atoms with E-state index in [1.807, 2.05) is 0 Å². The third-order valence-electron chi connectivity index (χ3n) is 4.64. The maximum absolute atomic E-state index is 11.9. The molecular formula is C15H28N2O2. The predicted octanol–water partition coefficient (Wildman–Crippen LogP) is 1.53. The largest absolute Gasteiger partial charge is 0.388 e. The number of aliphatic hydroxyl groups is 1. The first-order valence-electron chi connectivity index (χ1n) is 7.79. The van der Waals surface area contributed by atoms with Crippen LogP contribution in [0.25, 0.3) is 0 Å². The van der Waals surface area contributed by atoms with E-state index in [1.165, 1.54) is 19.3 Å².